The molecule has 18 heavy (non-hydrogen) atoms. The van der Waals surface area contributed by atoms with Crippen molar-refractivity contribution in [3.63, 3.8) is 0 Å². The molecule has 0 spiro atoms. The molecule has 0 aliphatic carbocycles. The zero-order valence-corrected chi connectivity index (χ0v) is 10.9. The van der Waals surface area contributed by atoms with Gasteiger partial charge in [-0.1, -0.05) is 0 Å². The van der Waals surface area contributed by atoms with E-state index >= 15 is 0 Å². The number of aromatic nitrogens is 1. The van der Waals surface area contributed by atoms with Gasteiger partial charge in [-0.15, -0.1) is 0 Å². The molecular formula is C12H17FN2O3. The van der Waals surface area contributed by atoms with Gasteiger partial charge in [0.2, 0.25) is 5.69 Å². The Morgan fingerprint density at radius 1 is 1.56 bits per heavy atom. The fourth-order valence-electron chi connectivity index (χ4n) is 1.32. The van der Waals surface area contributed by atoms with Gasteiger partial charge in [0.1, 0.15) is 12.1 Å². The lowest BCUT2D eigenvalue weighted by Crippen LogP contribution is -2.39. The molecule has 1 aromatic heterocycles. The summed E-state index contributed by atoms with van der Waals surface area (Å²) in [7, 11) is 0. The van der Waals surface area contributed by atoms with Crippen LogP contribution in [0.25, 0.3) is 0 Å². The summed E-state index contributed by atoms with van der Waals surface area (Å²) < 4.78 is 18.9. The van der Waals surface area contributed by atoms with E-state index in [-0.39, 0.29) is 12.2 Å². The maximum atomic E-state index is 13.5. The van der Waals surface area contributed by atoms with Crippen molar-refractivity contribution in [2.45, 2.75) is 39.8 Å². The summed E-state index contributed by atoms with van der Waals surface area (Å²) in [4.78, 5) is 11.4. The lowest BCUT2D eigenvalue weighted by atomic mass is 10.2. The highest BCUT2D eigenvalue weighted by Crippen LogP contribution is 2.08. The summed E-state index contributed by atoms with van der Waals surface area (Å²) in [5, 5.41) is 13.8. The number of rotatable bonds is 2. The largest absolute Gasteiger partial charge is 0.618 e. The third-order valence-electron chi connectivity index (χ3n) is 2.02. The number of alkyl carbamates (subject to hydrolysis) is 1. The minimum atomic E-state index is -0.692. The highest BCUT2D eigenvalue weighted by molar-refractivity contribution is 5.67. The van der Waals surface area contributed by atoms with Gasteiger partial charge in [0, 0.05) is 5.56 Å². The van der Waals surface area contributed by atoms with E-state index < -0.39 is 17.5 Å². The van der Waals surface area contributed by atoms with Crippen LogP contribution in [-0.2, 0) is 11.3 Å². The molecule has 0 unspecified atom stereocenters. The van der Waals surface area contributed by atoms with Gasteiger partial charge < -0.3 is 15.3 Å². The van der Waals surface area contributed by atoms with E-state index in [0.29, 0.717) is 10.3 Å². The first-order valence-electron chi connectivity index (χ1n) is 5.54. The van der Waals surface area contributed by atoms with E-state index in [4.69, 9.17) is 4.74 Å². The van der Waals surface area contributed by atoms with Gasteiger partial charge in [-0.25, -0.2) is 4.79 Å². The van der Waals surface area contributed by atoms with Crippen molar-refractivity contribution in [3.8, 4) is 0 Å². The Balaban J connectivity index is 2.67. The molecule has 5 nitrogen and oxygen atoms in total. The highest BCUT2D eigenvalue weighted by Gasteiger charge is 2.19. The van der Waals surface area contributed by atoms with Crippen molar-refractivity contribution in [2.75, 3.05) is 0 Å². The number of hydrogen-bond donors (Lipinski definition) is 1. The lowest BCUT2D eigenvalue weighted by molar-refractivity contribution is -0.616. The van der Waals surface area contributed by atoms with E-state index in [9.17, 15) is 14.4 Å². The van der Waals surface area contributed by atoms with Crippen LogP contribution in [0.5, 0.6) is 0 Å². The topological polar surface area (TPSA) is 65.3 Å². The number of nitrogens with zero attached hydrogens (tertiary/aromatic N) is 1. The number of pyridine rings is 1. The second-order valence-electron chi connectivity index (χ2n) is 4.99. The molecule has 0 saturated heterocycles. The summed E-state index contributed by atoms with van der Waals surface area (Å²) in [6.07, 6.45) is 0.553. The quantitative estimate of drug-likeness (QED) is 0.648. The average Bonchev–Trinajstić information content (AvgIpc) is 2.12. The van der Waals surface area contributed by atoms with Crippen molar-refractivity contribution >= 4 is 6.09 Å². The van der Waals surface area contributed by atoms with E-state index in [2.05, 4.69) is 5.32 Å². The number of aryl methyl sites for hydroxylation is 1. The van der Waals surface area contributed by atoms with Gasteiger partial charge in [0.15, 0.2) is 12.0 Å². The molecule has 100 valence electrons. The van der Waals surface area contributed by atoms with Crippen molar-refractivity contribution in [2.24, 2.45) is 0 Å². The molecule has 0 atom stereocenters. The number of ether oxygens (including phenoxy) is 1. The zero-order chi connectivity index (χ0) is 13.9. The Labute approximate surface area is 105 Å². The van der Waals surface area contributed by atoms with Crippen LogP contribution in [0, 0.1) is 17.9 Å². The van der Waals surface area contributed by atoms with Crippen molar-refractivity contribution < 1.29 is 18.7 Å². The molecule has 0 bridgehead atoms. The van der Waals surface area contributed by atoms with Gasteiger partial charge in [0.25, 0.3) is 0 Å². The summed E-state index contributed by atoms with van der Waals surface area (Å²) in [5.74, 6) is -0.652. The molecule has 0 aliphatic heterocycles. The summed E-state index contributed by atoms with van der Waals surface area (Å²) in [6, 6.07) is 1.24. The van der Waals surface area contributed by atoms with Gasteiger partial charge in [0.05, 0.1) is 0 Å². The Morgan fingerprint density at radius 3 is 2.67 bits per heavy atom. The molecule has 0 radical (unpaired) electrons. The van der Waals surface area contributed by atoms with E-state index in [1.54, 1.807) is 27.7 Å². The molecule has 0 aliphatic rings. The Bertz CT molecular complexity index is 432. The number of hydrogen-bond acceptors (Lipinski definition) is 3. The van der Waals surface area contributed by atoms with Gasteiger partial charge in [-0.05, 0) is 33.8 Å². The molecule has 0 fully saturated rings. The first-order chi connectivity index (χ1) is 8.19. The first kappa shape index (κ1) is 14.2. The van der Waals surface area contributed by atoms with E-state index in [0.717, 1.165) is 0 Å². The average molecular weight is 256 g/mol. The maximum Gasteiger partial charge on any atom is 0.408 e. The molecule has 6 heteroatoms. The van der Waals surface area contributed by atoms with Crippen LogP contribution in [0.15, 0.2) is 12.3 Å². The van der Waals surface area contributed by atoms with Crippen LogP contribution in [0.2, 0.25) is 0 Å². The molecule has 1 N–H and O–H groups in total. The second kappa shape index (κ2) is 5.20. The molecule has 1 heterocycles. The summed E-state index contributed by atoms with van der Waals surface area (Å²) in [6.45, 7) is 6.54. The van der Waals surface area contributed by atoms with Crippen LogP contribution in [0.3, 0.4) is 0 Å². The van der Waals surface area contributed by atoms with Crippen molar-refractivity contribution in [1.82, 2.24) is 5.32 Å². The Morgan fingerprint density at radius 2 is 2.17 bits per heavy atom. The number of amides is 1. The second-order valence-corrected chi connectivity index (χ2v) is 4.99. The standard InChI is InChI=1S/C12H17FN2O3/c1-8-5-9(13)10(15(17)7-8)6-14-11(16)18-12(2,3)4/h5,7H,6H2,1-4H3,(H,14,16). The third kappa shape index (κ3) is 4.20. The van der Waals surface area contributed by atoms with Crippen molar-refractivity contribution in [1.29, 1.82) is 0 Å². The molecule has 1 rings (SSSR count). The minimum absolute atomic E-state index is 0.147. The SMILES string of the molecule is Cc1cc(F)c(CNC(=O)OC(C)(C)C)[n+]([O-])c1. The monoisotopic (exact) mass is 256 g/mol. The molecule has 1 aromatic rings. The smallest absolute Gasteiger partial charge is 0.408 e. The highest BCUT2D eigenvalue weighted by atomic mass is 19.1. The third-order valence-corrected chi connectivity index (χ3v) is 2.02. The predicted molar refractivity (Wildman–Crippen MR) is 63.2 cm³/mol. The maximum absolute atomic E-state index is 13.5. The van der Waals surface area contributed by atoms with Crippen LogP contribution >= 0.6 is 0 Å². The molecular weight excluding hydrogens is 239 g/mol. The van der Waals surface area contributed by atoms with E-state index in [1.165, 1.54) is 12.3 Å². The molecule has 0 saturated carbocycles. The fourth-order valence-corrected chi connectivity index (χ4v) is 1.32. The number of carbonyl (C=O) groups is 1. The number of nitrogens with one attached hydrogen (secondary N) is 1. The lowest BCUT2D eigenvalue weighted by Gasteiger charge is -2.19. The van der Waals surface area contributed by atoms with E-state index in [1.807, 2.05) is 0 Å². The van der Waals surface area contributed by atoms with Crippen molar-refractivity contribution in [3.05, 3.63) is 34.5 Å². The summed E-state index contributed by atoms with van der Waals surface area (Å²) in [5.41, 5.74) is -0.265. The zero-order valence-electron chi connectivity index (χ0n) is 10.9. The van der Waals surface area contributed by atoms with Crippen LogP contribution < -0.4 is 10.0 Å². The van der Waals surface area contributed by atoms with Crippen LogP contribution in [-0.4, -0.2) is 11.7 Å². The first-order valence-corrected chi connectivity index (χ1v) is 5.54. The van der Waals surface area contributed by atoms with Gasteiger partial charge in [-0.3, -0.25) is 0 Å². The van der Waals surface area contributed by atoms with Crippen LogP contribution in [0.1, 0.15) is 32.0 Å². The normalized spacial score (nSPS) is 11.2. The molecule has 0 aromatic carbocycles. The van der Waals surface area contributed by atoms with Crippen LogP contribution in [0.4, 0.5) is 9.18 Å². The summed E-state index contributed by atoms with van der Waals surface area (Å²) >= 11 is 0. The Hall–Kier alpha value is -1.85. The Kier molecular flexibility index (Phi) is 4.11. The minimum Gasteiger partial charge on any atom is -0.618 e. The number of halogens is 1. The number of carbonyl (C=O) groups excluding carboxylic acids is 1. The fraction of sp³-hybridized carbons (Fsp3) is 0.500. The predicted octanol–water partition coefficient (Wildman–Crippen LogP) is 1.79. The van der Waals surface area contributed by atoms with Gasteiger partial charge >= 0.3 is 6.09 Å². The molecule has 1 amide bonds. The van der Waals surface area contributed by atoms with Gasteiger partial charge in [-0.2, -0.15) is 9.12 Å².